The number of halogens is 3. The van der Waals surface area contributed by atoms with Crippen LogP contribution in [0, 0.1) is 11.3 Å². The maximum Gasteiger partial charge on any atom is 0.404 e. The Balaban J connectivity index is 2.60. The summed E-state index contributed by atoms with van der Waals surface area (Å²) in [6.45, 7) is 3.41. The van der Waals surface area contributed by atoms with Crippen molar-refractivity contribution in [2.24, 2.45) is 11.3 Å². The summed E-state index contributed by atoms with van der Waals surface area (Å²) in [5.41, 5.74) is -2.36. The van der Waals surface area contributed by atoms with Crippen molar-refractivity contribution in [3.63, 3.8) is 0 Å². The minimum absolute atomic E-state index is 0.144. The lowest BCUT2D eigenvalue weighted by atomic mass is 9.85. The van der Waals surface area contributed by atoms with Crippen LogP contribution in [0.4, 0.5) is 13.2 Å². The molecule has 112 valence electrons. The van der Waals surface area contributed by atoms with Crippen LogP contribution in [0.1, 0.15) is 26.7 Å². The lowest BCUT2D eigenvalue weighted by Gasteiger charge is -2.29. The van der Waals surface area contributed by atoms with Gasteiger partial charge in [-0.1, -0.05) is 13.8 Å². The standard InChI is InChI=1S/C12H21F3N2O2/c1-8(2)5-9(18)6-17-10(19)11(12(13,14)15)3-4-16-7-11/h8-9,16,18H,3-7H2,1-2H3,(H,17,19). The molecule has 1 saturated heterocycles. The molecule has 0 bridgehead atoms. The summed E-state index contributed by atoms with van der Waals surface area (Å²) in [6.07, 6.45) is -5.22. The number of aliphatic hydroxyl groups is 1. The summed E-state index contributed by atoms with van der Waals surface area (Å²) in [5, 5.41) is 14.4. The molecule has 1 aliphatic rings. The molecule has 0 spiro atoms. The van der Waals surface area contributed by atoms with E-state index in [0.29, 0.717) is 6.42 Å². The summed E-state index contributed by atoms with van der Waals surface area (Å²) in [7, 11) is 0. The van der Waals surface area contributed by atoms with Gasteiger partial charge in [0.25, 0.3) is 0 Å². The molecular formula is C12H21F3N2O2. The minimum Gasteiger partial charge on any atom is -0.391 e. The van der Waals surface area contributed by atoms with Crippen LogP contribution in [0.3, 0.4) is 0 Å². The molecule has 1 heterocycles. The molecule has 1 aliphatic heterocycles. The number of aliphatic hydroxyl groups excluding tert-OH is 1. The van der Waals surface area contributed by atoms with E-state index in [4.69, 9.17) is 0 Å². The second-order valence-corrected chi connectivity index (χ2v) is 5.50. The van der Waals surface area contributed by atoms with Crippen molar-refractivity contribution in [2.75, 3.05) is 19.6 Å². The minimum atomic E-state index is -4.58. The number of carbonyl (C=O) groups is 1. The highest BCUT2D eigenvalue weighted by Gasteiger charge is 2.61. The second-order valence-electron chi connectivity index (χ2n) is 5.50. The maximum atomic E-state index is 13.0. The second kappa shape index (κ2) is 6.09. The topological polar surface area (TPSA) is 61.4 Å². The zero-order valence-electron chi connectivity index (χ0n) is 11.2. The van der Waals surface area contributed by atoms with Gasteiger partial charge in [0.15, 0.2) is 5.41 Å². The molecule has 2 unspecified atom stereocenters. The first kappa shape index (κ1) is 16.2. The fourth-order valence-electron chi connectivity index (χ4n) is 2.26. The van der Waals surface area contributed by atoms with Crippen molar-refractivity contribution < 1.29 is 23.1 Å². The molecular weight excluding hydrogens is 261 g/mol. The average Bonchev–Trinajstić information content (AvgIpc) is 2.74. The number of nitrogens with one attached hydrogen (secondary N) is 2. The quantitative estimate of drug-likeness (QED) is 0.706. The normalized spacial score (nSPS) is 25.6. The van der Waals surface area contributed by atoms with E-state index in [9.17, 15) is 23.1 Å². The van der Waals surface area contributed by atoms with Gasteiger partial charge in [-0.15, -0.1) is 0 Å². The fourth-order valence-corrected chi connectivity index (χ4v) is 2.26. The molecule has 19 heavy (non-hydrogen) atoms. The fraction of sp³-hybridized carbons (Fsp3) is 0.917. The summed E-state index contributed by atoms with van der Waals surface area (Å²) in [6, 6.07) is 0. The molecule has 0 saturated carbocycles. The Morgan fingerprint density at radius 1 is 1.47 bits per heavy atom. The summed E-state index contributed by atoms with van der Waals surface area (Å²) >= 11 is 0. The van der Waals surface area contributed by atoms with Gasteiger partial charge in [0, 0.05) is 13.1 Å². The zero-order valence-corrected chi connectivity index (χ0v) is 11.2. The van der Waals surface area contributed by atoms with Gasteiger partial charge in [-0.05, 0) is 25.3 Å². The molecule has 0 aliphatic carbocycles. The predicted octanol–water partition coefficient (Wildman–Crippen LogP) is 1.05. The number of alkyl halides is 3. The summed E-state index contributed by atoms with van der Waals surface area (Å²) < 4.78 is 39.1. The highest BCUT2D eigenvalue weighted by atomic mass is 19.4. The third kappa shape index (κ3) is 3.82. The van der Waals surface area contributed by atoms with Gasteiger partial charge in [-0.25, -0.2) is 0 Å². The van der Waals surface area contributed by atoms with Crippen molar-refractivity contribution in [2.45, 2.75) is 39.0 Å². The molecule has 0 aromatic carbocycles. The van der Waals surface area contributed by atoms with Gasteiger partial charge in [0.1, 0.15) is 0 Å². The number of hydrogen-bond acceptors (Lipinski definition) is 3. The van der Waals surface area contributed by atoms with Crippen LogP contribution in [0.5, 0.6) is 0 Å². The largest absolute Gasteiger partial charge is 0.404 e. The molecule has 1 fully saturated rings. The lowest BCUT2D eigenvalue weighted by molar-refractivity contribution is -0.216. The highest BCUT2D eigenvalue weighted by Crippen LogP contribution is 2.43. The van der Waals surface area contributed by atoms with Crippen LogP contribution in [0.25, 0.3) is 0 Å². The molecule has 0 aromatic heterocycles. The Morgan fingerprint density at radius 3 is 2.53 bits per heavy atom. The van der Waals surface area contributed by atoms with Crippen LogP contribution < -0.4 is 10.6 Å². The van der Waals surface area contributed by atoms with E-state index in [1.54, 1.807) is 0 Å². The first-order valence-corrected chi connectivity index (χ1v) is 6.43. The summed E-state index contributed by atoms with van der Waals surface area (Å²) in [5.74, 6) is -0.829. The van der Waals surface area contributed by atoms with E-state index in [0.717, 1.165) is 0 Å². The number of carbonyl (C=O) groups excluding carboxylic acids is 1. The van der Waals surface area contributed by atoms with E-state index in [-0.39, 0.29) is 25.4 Å². The maximum absolute atomic E-state index is 13.0. The van der Waals surface area contributed by atoms with Crippen molar-refractivity contribution in [3.05, 3.63) is 0 Å². The Kier molecular flexibility index (Phi) is 5.20. The molecule has 0 aromatic rings. The molecule has 7 heteroatoms. The van der Waals surface area contributed by atoms with E-state index in [2.05, 4.69) is 10.6 Å². The third-order valence-corrected chi connectivity index (χ3v) is 3.37. The van der Waals surface area contributed by atoms with Crippen LogP contribution in [-0.4, -0.2) is 42.9 Å². The van der Waals surface area contributed by atoms with E-state index >= 15 is 0 Å². The van der Waals surface area contributed by atoms with Crippen molar-refractivity contribution in [3.8, 4) is 0 Å². The highest BCUT2D eigenvalue weighted by molar-refractivity contribution is 5.84. The van der Waals surface area contributed by atoms with Crippen molar-refractivity contribution in [1.82, 2.24) is 10.6 Å². The number of amides is 1. The van der Waals surface area contributed by atoms with Gasteiger partial charge >= 0.3 is 6.18 Å². The number of hydrogen-bond donors (Lipinski definition) is 3. The average molecular weight is 282 g/mol. The smallest absolute Gasteiger partial charge is 0.391 e. The molecule has 1 rings (SSSR count). The zero-order chi connectivity index (χ0) is 14.7. The SMILES string of the molecule is CC(C)CC(O)CNC(=O)C1(C(F)(F)F)CCNC1. The molecule has 0 radical (unpaired) electrons. The molecule has 4 nitrogen and oxygen atoms in total. The monoisotopic (exact) mass is 282 g/mol. The van der Waals surface area contributed by atoms with E-state index < -0.39 is 30.1 Å². The van der Waals surface area contributed by atoms with Crippen LogP contribution >= 0.6 is 0 Å². The van der Waals surface area contributed by atoms with Crippen molar-refractivity contribution in [1.29, 1.82) is 0 Å². The van der Waals surface area contributed by atoms with Crippen LogP contribution in [0.15, 0.2) is 0 Å². The van der Waals surface area contributed by atoms with Gasteiger partial charge in [0.2, 0.25) is 5.91 Å². The molecule has 1 amide bonds. The Bertz CT molecular complexity index is 313. The Labute approximate surface area is 110 Å². The van der Waals surface area contributed by atoms with Gasteiger partial charge < -0.3 is 15.7 Å². The molecule has 3 N–H and O–H groups in total. The van der Waals surface area contributed by atoms with Crippen LogP contribution in [-0.2, 0) is 4.79 Å². The van der Waals surface area contributed by atoms with Gasteiger partial charge in [-0.2, -0.15) is 13.2 Å². The lowest BCUT2D eigenvalue weighted by Crippen LogP contribution is -2.53. The Morgan fingerprint density at radius 2 is 2.11 bits per heavy atom. The Hall–Kier alpha value is -0.820. The number of rotatable bonds is 5. The summed E-state index contributed by atoms with van der Waals surface area (Å²) in [4.78, 5) is 11.8. The third-order valence-electron chi connectivity index (χ3n) is 3.37. The first-order chi connectivity index (χ1) is 8.69. The van der Waals surface area contributed by atoms with Gasteiger partial charge in [0.05, 0.1) is 6.10 Å². The van der Waals surface area contributed by atoms with E-state index in [1.165, 1.54) is 0 Å². The first-order valence-electron chi connectivity index (χ1n) is 6.43. The van der Waals surface area contributed by atoms with Crippen LogP contribution in [0.2, 0.25) is 0 Å². The van der Waals surface area contributed by atoms with Gasteiger partial charge in [-0.3, -0.25) is 4.79 Å². The van der Waals surface area contributed by atoms with Crippen molar-refractivity contribution >= 4 is 5.91 Å². The molecule has 2 atom stereocenters. The van der Waals surface area contributed by atoms with E-state index in [1.807, 2.05) is 13.8 Å². The predicted molar refractivity (Wildman–Crippen MR) is 64.4 cm³/mol.